The Balaban J connectivity index is 1.22. The van der Waals surface area contributed by atoms with Crippen molar-refractivity contribution in [3.63, 3.8) is 0 Å². The molecule has 2 aliphatic heterocycles. The number of aliphatic hydroxyl groups excluding tert-OH is 3. The number of aromatic nitrogens is 8. The van der Waals surface area contributed by atoms with Crippen molar-refractivity contribution >= 4 is 11.8 Å². The number of thioether (sulfide) groups is 1. The van der Waals surface area contributed by atoms with Crippen LogP contribution in [0.5, 0.6) is 0 Å². The predicted octanol–water partition coefficient (Wildman–Crippen LogP) is 0.918. The maximum absolute atomic E-state index is 13.9. The molecule has 1 aromatic carbocycles. The van der Waals surface area contributed by atoms with E-state index >= 15 is 0 Å². The first-order valence-electron chi connectivity index (χ1n) is 13.5. The summed E-state index contributed by atoms with van der Waals surface area (Å²) in [5.74, 6) is -4.91. The molecule has 240 valence electrons. The number of halogens is 4. The van der Waals surface area contributed by atoms with Crippen molar-refractivity contribution in [2.24, 2.45) is 0 Å². The van der Waals surface area contributed by atoms with Crippen LogP contribution in [0.2, 0.25) is 0 Å². The van der Waals surface area contributed by atoms with Gasteiger partial charge in [-0.3, -0.25) is 0 Å². The lowest BCUT2D eigenvalue weighted by Crippen LogP contribution is -2.56. The average Bonchev–Trinajstić information content (AvgIpc) is 3.72. The van der Waals surface area contributed by atoms with E-state index in [1.165, 1.54) is 28.9 Å². The fraction of sp³-hybridized carbons (Fsp3) is 0.462. The molecule has 0 aliphatic carbocycles. The minimum absolute atomic E-state index is 0.0109. The van der Waals surface area contributed by atoms with Gasteiger partial charge in [-0.1, -0.05) is 10.4 Å². The maximum Gasteiger partial charge on any atom is 0.194 e. The Labute approximate surface area is 256 Å². The zero-order valence-corrected chi connectivity index (χ0v) is 24.1. The van der Waals surface area contributed by atoms with Gasteiger partial charge < -0.3 is 29.5 Å². The molecule has 3 aromatic heterocycles. The smallest absolute Gasteiger partial charge is 0.194 e. The lowest BCUT2D eigenvalue weighted by molar-refractivity contribution is -0.186. The molecule has 8 atom stereocenters. The Morgan fingerprint density at radius 3 is 2.31 bits per heavy atom. The van der Waals surface area contributed by atoms with Gasteiger partial charge in [0.1, 0.15) is 47.2 Å². The summed E-state index contributed by atoms with van der Waals surface area (Å²) in [5.41, 5.74) is -0.736. The molecule has 5 heterocycles. The van der Waals surface area contributed by atoms with Crippen molar-refractivity contribution in [2.75, 3.05) is 26.9 Å². The van der Waals surface area contributed by atoms with Crippen LogP contribution in [0.1, 0.15) is 12.1 Å². The Kier molecular flexibility index (Phi) is 9.09. The molecule has 14 nitrogen and oxygen atoms in total. The molecule has 2 fully saturated rings. The summed E-state index contributed by atoms with van der Waals surface area (Å²) in [7, 11) is 1.37. The molecular weight excluding hydrogens is 628 g/mol. The topological polar surface area (TPSA) is 176 Å². The summed E-state index contributed by atoms with van der Waals surface area (Å²) in [5, 5.41) is 47.9. The average molecular weight is 655 g/mol. The van der Waals surface area contributed by atoms with Gasteiger partial charge in [-0.05, 0) is 12.1 Å². The van der Waals surface area contributed by atoms with Gasteiger partial charge >= 0.3 is 0 Å². The molecule has 0 unspecified atom stereocenters. The van der Waals surface area contributed by atoms with Gasteiger partial charge in [0.2, 0.25) is 0 Å². The molecule has 19 heteroatoms. The van der Waals surface area contributed by atoms with E-state index in [0.717, 1.165) is 36.3 Å². The van der Waals surface area contributed by atoms with Crippen molar-refractivity contribution in [2.45, 2.75) is 47.2 Å². The van der Waals surface area contributed by atoms with E-state index in [0.29, 0.717) is 0 Å². The number of methoxy groups -OCH3 is 1. The second-order valence-electron chi connectivity index (χ2n) is 10.3. The van der Waals surface area contributed by atoms with Crippen molar-refractivity contribution < 1.29 is 47.1 Å². The standard InChI is InChI=1S/C26H26F4N8O6S/c1-42-24-21(38-6-15(33-36-38)11-2-13(28)20(30)14(29)3-11)23(41)18(8-39)44-26(24)45-19-10-43-9-17(22(19)40)37-7-16(34-35-37)25-31-4-12(27)5-32-25/h2-7,17-19,21-24,26,39-41H,8-10H2,1H3/t17-,18+,19+,21-,22+,23-,24+,26-/m0/s1. The molecule has 0 spiro atoms. The molecule has 0 amide bonds. The number of hydrogen-bond acceptors (Lipinski definition) is 13. The van der Waals surface area contributed by atoms with Crippen LogP contribution in [-0.4, -0.2) is 117 Å². The zero-order valence-electron chi connectivity index (χ0n) is 23.3. The van der Waals surface area contributed by atoms with Crippen LogP contribution < -0.4 is 0 Å². The van der Waals surface area contributed by atoms with Crippen LogP contribution in [-0.2, 0) is 14.2 Å². The third-order valence-corrected chi connectivity index (χ3v) is 8.96. The zero-order chi connectivity index (χ0) is 31.8. The van der Waals surface area contributed by atoms with Gasteiger partial charge in [-0.2, -0.15) is 0 Å². The summed E-state index contributed by atoms with van der Waals surface area (Å²) in [6.07, 6.45) is 0.328. The van der Waals surface area contributed by atoms with E-state index in [2.05, 4.69) is 30.6 Å². The number of ether oxygens (including phenoxy) is 3. The molecule has 2 aliphatic rings. The first-order chi connectivity index (χ1) is 21.7. The Morgan fingerprint density at radius 2 is 1.62 bits per heavy atom. The first-order valence-corrected chi connectivity index (χ1v) is 14.5. The highest BCUT2D eigenvalue weighted by Gasteiger charge is 2.49. The lowest BCUT2D eigenvalue weighted by Gasteiger charge is -2.45. The normalized spacial score (nSPS) is 28.8. The lowest BCUT2D eigenvalue weighted by atomic mass is 9.97. The van der Waals surface area contributed by atoms with Crippen molar-refractivity contribution in [1.82, 2.24) is 40.0 Å². The summed E-state index contributed by atoms with van der Waals surface area (Å²) < 4.78 is 74.5. The summed E-state index contributed by atoms with van der Waals surface area (Å²) in [4.78, 5) is 7.78. The van der Waals surface area contributed by atoms with Crippen LogP contribution in [0.3, 0.4) is 0 Å². The van der Waals surface area contributed by atoms with Crippen LogP contribution in [0.15, 0.2) is 36.9 Å². The fourth-order valence-electron chi connectivity index (χ4n) is 5.24. The molecule has 2 saturated heterocycles. The molecule has 6 rings (SSSR count). The van der Waals surface area contributed by atoms with Gasteiger partial charge in [0.05, 0.1) is 56.0 Å². The van der Waals surface area contributed by atoms with Gasteiger partial charge in [-0.25, -0.2) is 36.9 Å². The van der Waals surface area contributed by atoms with Crippen molar-refractivity contribution in [3.05, 3.63) is 60.2 Å². The Bertz CT molecular complexity index is 1610. The van der Waals surface area contributed by atoms with Crippen LogP contribution >= 0.6 is 11.8 Å². The van der Waals surface area contributed by atoms with Gasteiger partial charge in [0.15, 0.2) is 29.1 Å². The SMILES string of the molecule is CO[C@@H]1[C@@H](n2cc(-c3cc(F)c(F)c(F)c3)nn2)[C@@H](O)[C@@H](CO)O[C@H]1S[C@@H]1COC[C@H](n2cc(-c3ncc(F)cn3)nn2)[C@H]1O. The first kappa shape index (κ1) is 31.4. The van der Waals surface area contributed by atoms with E-state index in [-0.39, 0.29) is 36.0 Å². The molecule has 4 aromatic rings. The molecule has 0 bridgehead atoms. The molecule has 3 N–H and O–H groups in total. The minimum atomic E-state index is -1.63. The maximum atomic E-state index is 13.9. The third kappa shape index (κ3) is 6.16. The van der Waals surface area contributed by atoms with E-state index in [4.69, 9.17) is 14.2 Å². The molecule has 0 radical (unpaired) electrons. The third-order valence-electron chi connectivity index (χ3n) is 7.55. The number of aliphatic hydroxyl groups is 3. The highest BCUT2D eigenvalue weighted by Crippen LogP contribution is 2.41. The Hall–Kier alpha value is -3.59. The second-order valence-corrected chi connectivity index (χ2v) is 11.7. The molecular formula is C26H26F4N8O6S. The highest BCUT2D eigenvalue weighted by atomic mass is 32.2. The molecule has 45 heavy (non-hydrogen) atoms. The largest absolute Gasteiger partial charge is 0.394 e. The number of nitrogens with zero attached hydrogens (tertiary/aromatic N) is 8. The predicted molar refractivity (Wildman–Crippen MR) is 145 cm³/mol. The van der Waals surface area contributed by atoms with E-state index in [9.17, 15) is 32.9 Å². The van der Waals surface area contributed by atoms with Crippen molar-refractivity contribution in [3.8, 4) is 22.8 Å². The van der Waals surface area contributed by atoms with Crippen LogP contribution in [0.4, 0.5) is 17.6 Å². The van der Waals surface area contributed by atoms with E-state index < -0.39 is 77.1 Å². The highest BCUT2D eigenvalue weighted by molar-refractivity contribution is 8.00. The monoisotopic (exact) mass is 654 g/mol. The van der Waals surface area contributed by atoms with Gasteiger partial charge in [0.25, 0.3) is 0 Å². The minimum Gasteiger partial charge on any atom is -0.394 e. The molecule has 0 saturated carbocycles. The summed E-state index contributed by atoms with van der Waals surface area (Å²) in [6, 6.07) is -0.170. The van der Waals surface area contributed by atoms with Crippen LogP contribution in [0, 0.1) is 23.3 Å². The van der Waals surface area contributed by atoms with Gasteiger partial charge in [0, 0.05) is 12.7 Å². The Morgan fingerprint density at radius 1 is 0.956 bits per heavy atom. The number of rotatable bonds is 8. The second kappa shape index (κ2) is 13.0. The fourth-order valence-corrected chi connectivity index (χ4v) is 6.74. The quantitative estimate of drug-likeness (QED) is 0.181. The van der Waals surface area contributed by atoms with E-state index in [1.54, 1.807) is 0 Å². The van der Waals surface area contributed by atoms with Gasteiger partial charge in [-0.15, -0.1) is 22.0 Å². The van der Waals surface area contributed by atoms with E-state index in [1.807, 2.05) is 0 Å². The summed E-state index contributed by atoms with van der Waals surface area (Å²) >= 11 is 1.14. The van der Waals surface area contributed by atoms with Crippen LogP contribution in [0.25, 0.3) is 22.8 Å². The number of hydrogen-bond donors (Lipinski definition) is 3. The van der Waals surface area contributed by atoms with Crippen molar-refractivity contribution in [1.29, 1.82) is 0 Å². The summed E-state index contributed by atoms with van der Waals surface area (Å²) in [6.45, 7) is -0.383. The number of benzene rings is 1.